The number of carbonyl (C=O) groups is 2. The van der Waals surface area contributed by atoms with Crippen LogP contribution >= 0.6 is 0 Å². The molecule has 2 N–H and O–H groups in total. The number of carbonyl (C=O) groups excluding carboxylic acids is 2. The van der Waals surface area contributed by atoms with Gasteiger partial charge in [-0.2, -0.15) is 5.10 Å². The largest absolute Gasteiger partial charge is 0.387 e. The normalized spacial score (nSPS) is 17.8. The molecule has 1 aromatic carbocycles. The summed E-state index contributed by atoms with van der Waals surface area (Å²) in [4.78, 5) is 36.6. The van der Waals surface area contributed by atoms with Crippen LogP contribution < -0.4 is 10.2 Å². The van der Waals surface area contributed by atoms with Gasteiger partial charge in [-0.15, -0.1) is 0 Å². The Morgan fingerprint density at radius 1 is 1.15 bits per heavy atom. The third kappa shape index (κ3) is 5.64. The number of aliphatic hydroxyl groups is 1. The van der Waals surface area contributed by atoms with E-state index >= 15 is 0 Å². The van der Waals surface area contributed by atoms with Crippen LogP contribution in [0.15, 0.2) is 30.7 Å². The van der Waals surface area contributed by atoms with Gasteiger partial charge in [0.25, 0.3) is 11.8 Å². The van der Waals surface area contributed by atoms with Gasteiger partial charge in [0.05, 0.1) is 29.7 Å². The molecule has 2 aliphatic heterocycles. The van der Waals surface area contributed by atoms with Crippen LogP contribution in [0, 0.1) is 6.92 Å². The van der Waals surface area contributed by atoms with Crippen LogP contribution in [-0.2, 0) is 6.54 Å². The Hall–Kier alpha value is -3.64. The van der Waals surface area contributed by atoms with Crippen molar-refractivity contribution in [3.05, 3.63) is 53.0 Å². The molecule has 2 amide bonds. The first-order valence-corrected chi connectivity index (χ1v) is 13.5. The second kappa shape index (κ2) is 10.7. The van der Waals surface area contributed by atoms with Crippen LogP contribution in [0.4, 0.5) is 20.2 Å². The molecule has 0 bridgehead atoms. The van der Waals surface area contributed by atoms with Crippen molar-refractivity contribution in [2.24, 2.45) is 0 Å². The van der Waals surface area contributed by atoms with Crippen LogP contribution in [0.5, 0.6) is 0 Å². The van der Waals surface area contributed by atoms with Crippen LogP contribution in [0.25, 0.3) is 5.65 Å². The maximum Gasteiger partial charge on any atom is 0.261 e. The zero-order valence-corrected chi connectivity index (χ0v) is 23.2. The molecule has 12 heteroatoms. The van der Waals surface area contributed by atoms with Gasteiger partial charge >= 0.3 is 0 Å². The van der Waals surface area contributed by atoms with Gasteiger partial charge < -0.3 is 20.2 Å². The number of nitrogens with one attached hydrogen (secondary N) is 1. The fraction of sp³-hybridized carbons (Fsp3) is 0.500. The number of hydrogen-bond donors (Lipinski definition) is 2. The fourth-order valence-corrected chi connectivity index (χ4v) is 5.18. The lowest BCUT2D eigenvalue weighted by atomic mass is 10.0. The number of amides is 2. The van der Waals surface area contributed by atoms with Crippen molar-refractivity contribution < 1.29 is 23.5 Å². The molecule has 0 aliphatic carbocycles. The maximum atomic E-state index is 14.7. The molecule has 0 radical (unpaired) electrons. The molecule has 10 nitrogen and oxygen atoms in total. The molecular formula is C28H35F2N7O3. The summed E-state index contributed by atoms with van der Waals surface area (Å²) in [7, 11) is 0. The highest BCUT2D eigenvalue weighted by Crippen LogP contribution is 2.36. The second-order valence-electron chi connectivity index (χ2n) is 11.3. The topological polar surface area (TPSA) is 106 Å². The summed E-state index contributed by atoms with van der Waals surface area (Å²) in [5.74, 6) is -0.724. The zero-order valence-electron chi connectivity index (χ0n) is 23.2. The van der Waals surface area contributed by atoms with Gasteiger partial charge in [0.2, 0.25) is 0 Å². The molecule has 214 valence electrons. The summed E-state index contributed by atoms with van der Waals surface area (Å²) >= 11 is 0. The molecule has 4 heterocycles. The Kier molecular flexibility index (Phi) is 7.49. The third-order valence-electron chi connectivity index (χ3n) is 7.45. The monoisotopic (exact) mass is 555 g/mol. The van der Waals surface area contributed by atoms with Crippen molar-refractivity contribution in [3.8, 4) is 0 Å². The van der Waals surface area contributed by atoms with E-state index in [0.29, 0.717) is 66.4 Å². The van der Waals surface area contributed by atoms with Crippen LogP contribution in [0.3, 0.4) is 0 Å². The van der Waals surface area contributed by atoms with E-state index < -0.39 is 23.9 Å². The molecule has 1 saturated heterocycles. The lowest BCUT2D eigenvalue weighted by molar-refractivity contribution is -0.0159. The summed E-state index contributed by atoms with van der Waals surface area (Å²) < 4.78 is 29.8. The Labute approximate surface area is 231 Å². The van der Waals surface area contributed by atoms with Gasteiger partial charge in [-0.05, 0) is 51.0 Å². The number of piperazine rings is 1. The summed E-state index contributed by atoms with van der Waals surface area (Å²) in [6.07, 6.45) is 2.35. The van der Waals surface area contributed by atoms with Crippen molar-refractivity contribution >= 4 is 28.8 Å². The quantitative estimate of drug-likeness (QED) is 0.440. The first kappa shape index (κ1) is 27.9. The van der Waals surface area contributed by atoms with E-state index in [0.717, 1.165) is 5.56 Å². The van der Waals surface area contributed by atoms with Gasteiger partial charge in [0, 0.05) is 57.2 Å². The van der Waals surface area contributed by atoms with Crippen LogP contribution in [0.1, 0.15) is 52.6 Å². The number of alkyl halides is 2. The van der Waals surface area contributed by atoms with Crippen LogP contribution in [-0.4, -0.2) is 98.5 Å². The Balaban J connectivity index is 1.45. The van der Waals surface area contributed by atoms with Gasteiger partial charge in [-0.25, -0.2) is 18.3 Å². The predicted octanol–water partition coefficient (Wildman–Crippen LogP) is 2.83. The average Bonchev–Trinajstić information content (AvgIpc) is 3.43. The molecule has 1 unspecified atom stereocenters. The van der Waals surface area contributed by atoms with E-state index in [4.69, 9.17) is 0 Å². The molecule has 0 spiro atoms. The van der Waals surface area contributed by atoms with Crippen molar-refractivity contribution in [1.29, 1.82) is 0 Å². The number of nitrogens with zero attached hydrogens (tertiary/aromatic N) is 6. The zero-order chi connectivity index (χ0) is 28.8. The van der Waals surface area contributed by atoms with Crippen molar-refractivity contribution in [2.45, 2.75) is 52.2 Å². The summed E-state index contributed by atoms with van der Waals surface area (Å²) in [6, 6.07) is 3.51. The first-order chi connectivity index (χ1) is 18.9. The Morgan fingerprint density at radius 3 is 2.55 bits per heavy atom. The molecule has 0 saturated carbocycles. The van der Waals surface area contributed by atoms with Crippen molar-refractivity contribution in [2.75, 3.05) is 49.5 Å². The van der Waals surface area contributed by atoms with Gasteiger partial charge in [0.15, 0.2) is 5.65 Å². The molecule has 1 fully saturated rings. The number of hydrogen-bond acceptors (Lipinski definition) is 7. The summed E-state index contributed by atoms with van der Waals surface area (Å²) in [5, 5.41) is 17.3. The second-order valence-corrected chi connectivity index (χ2v) is 11.3. The Bertz CT molecular complexity index is 1430. The lowest BCUT2D eigenvalue weighted by Crippen LogP contribution is -2.48. The standard InChI is InChI=1S/C28H35F2N7O3/c1-17-11-31-25-21(12-32-37(25)13-17)26(38)33-22-9-19-15-36(16-24(30)28(3,4)40)27(39)20(19)10-23(22)35-7-5-34(6-8-35)14-18(2)29/h9-13,18,24,40H,5-8,14-16H2,1-4H3,(H,33,38)/t18?,24-/m1/s1. The number of anilines is 2. The lowest BCUT2D eigenvalue weighted by Gasteiger charge is -2.37. The van der Waals surface area contributed by atoms with E-state index in [1.165, 1.54) is 31.9 Å². The number of benzene rings is 1. The van der Waals surface area contributed by atoms with E-state index in [1.807, 2.05) is 11.8 Å². The number of aryl methyl sites for hydroxylation is 1. The molecule has 2 aromatic heterocycles. The van der Waals surface area contributed by atoms with Crippen molar-refractivity contribution in [3.63, 3.8) is 0 Å². The van der Waals surface area contributed by atoms with E-state index in [-0.39, 0.29) is 19.0 Å². The number of halogens is 2. The van der Waals surface area contributed by atoms with E-state index in [9.17, 15) is 23.5 Å². The molecule has 40 heavy (non-hydrogen) atoms. The van der Waals surface area contributed by atoms with E-state index in [2.05, 4.69) is 20.3 Å². The predicted molar refractivity (Wildman–Crippen MR) is 147 cm³/mol. The molecule has 2 atom stereocenters. The maximum absolute atomic E-state index is 14.7. The fourth-order valence-electron chi connectivity index (χ4n) is 5.18. The first-order valence-electron chi connectivity index (χ1n) is 13.5. The number of rotatable bonds is 8. The van der Waals surface area contributed by atoms with Gasteiger partial charge in [0.1, 0.15) is 17.9 Å². The minimum absolute atomic E-state index is 0.160. The highest BCUT2D eigenvalue weighted by molar-refractivity contribution is 6.10. The molecule has 5 rings (SSSR count). The van der Waals surface area contributed by atoms with Crippen LogP contribution in [0.2, 0.25) is 0 Å². The Morgan fingerprint density at radius 2 is 1.88 bits per heavy atom. The smallest absolute Gasteiger partial charge is 0.261 e. The molecule has 2 aliphatic rings. The van der Waals surface area contributed by atoms with Crippen molar-refractivity contribution in [1.82, 2.24) is 24.4 Å². The minimum atomic E-state index is -1.62. The number of aromatic nitrogens is 3. The number of fused-ring (bicyclic) bond motifs is 2. The highest BCUT2D eigenvalue weighted by atomic mass is 19.1. The highest BCUT2D eigenvalue weighted by Gasteiger charge is 2.36. The minimum Gasteiger partial charge on any atom is -0.387 e. The average molecular weight is 556 g/mol. The van der Waals surface area contributed by atoms with Gasteiger partial charge in [-0.1, -0.05) is 0 Å². The molecule has 3 aromatic rings. The summed E-state index contributed by atoms with van der Waals surface area (Å²) in [5.41, 5.74) is 2.30. The SMILES string of the molecule is Cc1cnc2c(C(=O)Nc3cc4c(cc3N3CCN(CC(C)F)CC3)C(=O)N(C[C@@H](F)C(C)(C)O)C4)cnn2c1. The molecular weight excluding hydrogens is 520 g/mol. The summed E-state index contributed by atoms with van der Waals surface area (Å²) in [6.45, 7) is 8.84. The third-order valence-corrected chi connectivity index (χ3v) is 7.45. The van der Waals surface area contributed by atoms with E-state index in [1.54, 1.807) is 29.0 Å². The van der Waals surface area contributed by atoms with Gasteiger partial charge in [-0.3, -0.25) is 14.5 Å².